The lowest BCUT2D eigenvalue weighted by Crippen LogP contribution is -2.23. The molecule has 1 unspecified atom stereocenters. The third kappa shape index (κ3) is 3.27. The van der Waals surface area contributed by atoms with Crippen LogP contribution in [0.3, 0.4) is 0 Å². The summed E-state index contributed by atoms with van der Waals surface area (Å²) in [5.41, 5.74) is 4.73. The van der Waals surface area contributed by atoms with Gasteiger partial charge in [-0.25, -0.2) is 0 Å². The van der Waals surface area contributed by atoms with Crippen LogP contribution >= 0.6 is 0 Å². The van der Waals surface area contributed by atoms with Crippen LogP contribution in [0.15, 0.2) is 24.3 Å². The van der Waals surface area contributed by atoms with Crippen molar-refractivity contribution in [3.8, 4) is 5.75 Å². The van der Waals surface area contributed by atoms with Gasteiger partial charge < -0.3 is 10.1 Å². The van der Waals surface area contributed by atoms with E-state index >= 15 is 0 Å². The van der Waals surface area contributed by atoms with Crippen molar-refractivity contribution in [2.75, 3.05) is 13.2 Å². The van der Waals surface area contributed by atoms with Crippen molar-refractivity contribution >= 4 is 0 Å². The second kappa shape index (κ2) is 6.76. The maximum Gasteiger partial charge on any atom is 0.119 e. The van der Waals surface area contributed by atoms with Gasteiger partial charge in [0.2, 0.25) is 0 Å². The van der Waals surface area contributed by atoms with E-state index in [2.05, 4.69) is 43.3 Å². The average Bonchev–Trinajstić information content (AvgIpc) is 2.71. The Bertz CT molecular complexity index is 604. The van der Waals surface area contributed by atoms with Gasteiger partial charge in [-0.2, -0.15) is 5.10 Å². The highest BCUT2D eigenvalue weighted by atomic mass is 16.5. The van der Waals surface area contributed by atoms with E-state index in [1.807, 2.05) is 30.8 Å². The van der Waals surface area contributed by atoms with Crippen molar-refractivity contribution in [2.24, 2.45) is 7.05 Å². The van der Waals surface area contributed by atoms with E-state index in [9.17, 15) is 0 Å². The number of hydrogen-bond donors (Lipinski definition) is 1. The average molecular weight is 287 g/mol. The molecule has 0 bridgehead atoms. The molecule has 21 heavy (non-hydrogen) atoms. The first-order chi connectivity index (χ1) is 10.1. The highest BCUT2D eigenvalue weighted by molar-refractivity contribution is 5.40. The zero-order valence-corrected chi connectivity index (χ0v) is 13.6. The molecular weight excluding hydrogens is 262 g/mol. The van der Waals surface area contributed by atoms with Gasteiger partial charge in [-0.1, -0.05) is 19.1 Å². The number of hydrogen-bond acceptors (Lipinski definition) is 3. The van der Waals surface area contributed by atoms with Gasteiger partial charge >= 0.3 is 0 Å². The summed E-state index contributed by atoms with van der Waals surface area (Å²) in [7, 11) is 1.99. The molecule has 0 aliphatic rings. The fourth-order valence-electron chi connectivity index (χ4n) is 2.75. The number of aromatic nitrogens is 2. The van der Waals surface area contributed by atoms with Crippen LogP contribution in [-0.4, -0.2) is 22.9 Å². The molecule has 1 heterocycles. The molecule has 4 heteroatoms. The van der Waals surface area contributed by atoms with Crippen molar-refractivity contribution < 1.29 is 4.74 Å². The Kier molecular flexibility index (Phi) is 5.02. The minimum Gasteiger partial charge on any atom is -0.494 e. The number of benzene rings is 1. The van der Waals surface area contributed by atoms with Crippen molar-refractivity contribution in [1.29, 1.82) is 0 Å². The fourth-order valence-corrected chi connectivity index (χ4v) is 2.75. The summed E-state index contributed by atoms with van der Waals surface area (Å²) >= 11 is 0. The number of aryl methyl sites for hydroxylation is 2. The Morgan fingerprint density at radius 3 is 2.62 bits per heavy atom. The molecule has 4 nitrogen and oxygen atoms in total. The highest BCUT2D eigenvalue weighted by Crippen LogP contribution is 2.29. The molecule has 114 valence electrons. The molecular formula is C17H25N3O. The van der Waals surface area contributed by atoms with Gasteiger partial charge in [-0.15, -0.1) is 0 Å². The Hall–Kier alpha value is -1.81. The number of nitrogens with zero attached hydrogens (tertiary/aromatic N) is 2. The molecule has 2 rings (SSSR count). The van der Waals surface area contributed by atoms with Crippen LogP contribution in [0.4, 0.5) is 0 Å². The summed E-state index contributed by atoms with van der Waals surface area (Å²) in [6, 6.07) is 8.44. The Morgan fingerprint density at radius 2 is 2.05 bits per heavy atom. The first-order valence-electron chi connectivity index (χ1n) is 7.54. The second-order valence-corrected chi connectivity index (χ2v) is 5.20. The van der Waals surface area contributed by atoms with Crippen molar-refractivity contribution in [3.63, 3.8) is 0 Å². The molecule has 1 N–H and O–H groups in total. The first kappa shape index (κ1) is 15.6. The van der Waals surface area contributed by atoms with E-state index in [0.29, 0.717) is 6.61 Å². The van der Waals surface area contributed by atoms with Gasteiger partial charge in [-0.05, 0) is 45.0 Å². The number of ether oxygens (including phenoxy) is 1. The van der Waals surface area contributed by atoms with Gasteiger partial charge in [0.1, 0.15) is 5.75 Å². The maximum absolute atomic E-state index is 5.63. The van der Waals surface area contributed by atoms with Crippen molar-refractivity contribution in [2.45, 2.75) is 33.7 Å². The Balaban J connectivity index is 2.45. The van der Waals surface area contributed by atoms with Gasteiger partial charge in [0.05, 0.1) is 18.3 Å². The predicted molar refractivity (Wildman–Crippen MR) is 85.8 cm³/mol. The largest absolute Gasteiger partial charge is 0.494 e. The third-order valence-electron chi connectivity index (χ3n) is 3.76. The van der Waals surface area contributed by atoms with Crippen LogP contribution in [-0.2, 0) is 7.05 Å². The lowest BCUT2D eigenvalue weighted by Gasteiger charge is -2.20. The van der Waals surface area contributed by atoms with E-state index in [1.54, 1.807) is 0 Å². The van der Waals surface area contributed by atoms with Crippen LogP contribution in [0.5, 0.6) is 5.75 Å². The fraction of sp³-hybridized carbons (Fsp3) is 0.471. The van der Waals surface area contributed by atoms with E-state index in [4.69, 9.17) is 4.74 Å². The van der Waals surface area contributed by atoms with Crippen LogP contribution in [0.25, 0.3) is 0 Å². The summed E-state index contributed by atoms with van der Waals surface area (Å²) in [4.78, 5) is 0. The summed E-state index contributed by atoms with van der Waals surface area (Å²) in [6.07, 6.45) is 0. The zero-order valence-electron chi connectivity index (χ0n) is 13.6. The SMILES string of the molecule is CCNC(c1cccc(OCC)c1)c1c(C)nn(C)c1C. The Morgan fingerprint density at radius 1 is 1.29 bits per heavy atom. The summed E-state index contributed by atoms with van der Waals surface area (Å²) in [6.45, 7) is 9.90. The molecule has 1 atom stereocenters. The van der Waals surface area contributed by atoms with Gasteiger partial charge in [0.15, 0.2) is 0 Å². The number of nitrogens with one attached hydrogen (secondary N) is 1. The first-order valence-corrected chi connectivity index (χ1v) is 7.54. The quantitative estimate of drug-likeness (QED) is 0.887. The van der Waals surface area contributed by atoms with Gasteiger partial charge in [0, 0.05) is 18.3 Å². The third-order valence-corrected chi connectivity index (χ3v) is 3.76. The lowest BCUT2D eigenvalue weighted by atomic mass is 9.96. The van der Waals surface area contributed by atoms with Crippen LogP contribution in [0.1, 0.15) is 42.4 Å². The van der Waals surface area contributed by atoms with Gasteiger partial charge in [-0.3, -0.25) is 4.68 Å². The highest BCUT2D eigenvalue weighted by Gasteiger charge is 2.21. The minimum absolute atomic E-state index is 0.143. The molecule has 2 aromatic rings. The van der Waals surface area contributed by atoms with Gasteiger partial charge in [0.25, 0.3) is 0 Å². The van der Waals surface area contributed by atoms with Crippen LogP contribution in [0.2, 0.25) is 0 Å². The van der Waals surface area contributed by atoms with Crippen molar-refractivity contribution in [1.82, 2.24) is 15.1 Å². The summed E-state index contributed by atoms with van der Waals surface area (Å²) in [5, 5.41) is 8.11. The smallest absolute Gasteiger partial charge is 0.119 e. The standard InChI is InChI=1S/C17H25N3O/c1-6-18-17(16-12(3)19-20(5)13(16)4)14-9-8-10-15(11-14)21-7-2/h8-11,17-18H,6-7H2,1-5H3. The molecule has 1 aromatic carbocycles. The molecule has 1 aromatic heterocycles. The number of rotatable bonds is 6. The molecule has 0 fully saturated rings. The molecule has 0 amide bonds. The second-order valence-electron chi connectivity index (χ2n) is 5.20. The van der Waals surface area contributed by atoms with E-state index in [-0.39, 0.29) is 6.04 Å². The molecule has 0 radical (unpaired) electrons. The molecule has 0 saturated carbocycles. The maximum atomic E-state index is 5.63. The lowest BCUT2D eigenvalue weighted by molar-refractivity contribution is 0.339. The predicted octanol–water partition coefficient (Wildman–Crippen LogP) is 3.13. The summed E-state index contributed by atoms with van der Waals surface area (Å²) in [5.74, 6) is 0.914. The normalized spacial score (nSPS) is 12.4. The molecule has 0 saturated heterocycles. The Labute approximate surface area is 127 Å². The minimum atomic E-state index is 0.143. The van der Waals surface area contributed by atoms with Crippen LogP contribution < -0.4 is 10.1 Å². The topological polar surface area (TPSA) is 39.1 Å². The summed E-state index contributed by atoms with van der Waals surface area (Å²) < 4.78 is 7.57. The van der Waals surface area contributed by atoms with E-state index in [1.165, 1.54) is 16.8 Å². The van der Waals surface area contributed by atoms with Crippen LogP contribution in [0, 0.1) is 13.8 Å². The zero-order chi connectivity index (χ0) is 15.4. The monoisotopic (exact) mass is 287 g/mol. The molecule has 0 spiro atoms. The van der Waals surface area contributed by atoms with Crippen molar-refractivity contribution in [3.05, 3.63) is 46.8 Å². The molecule has 0 aliphatic heterocycles. The molecule has 0 aliphatic carbocycles. The van der Waals surface area contributed by atoms with E-state index < -0.39 is 0 Å². The van der Waals surface area contributed by atoms with E-state index in [0.717, 1.165) is 18.0 Å².